The van der Waals surface area contributed by atoms with Crippen molar-refractivity contribution in [1.29, 1.82) is 0 Å². The highest BCUT2D eigenvalue weighted by molar-refractivity contribution is 7.09. The first kappa shape index (κ1) is 12.3. The Morgan fingerprint density at radius 1 is 1.24 bits per heavy atom. The summed E-state index contributed by atoms with van der Waals surface area (Å²) in [5.41, 5.74) is 1.34. The quantitative estimate of drug-likeness (QED) is 0.851. The van der Waals surface area contributed by atoms with Gasteiger partial charge in [0.2, 0.25) is 0 Å². The molecule has 17 heavy (non-hydrogen) atoms. The topological polar surface area (TPSA) is 33.1 Å². The molecule has 3 heteroatoms. The van der Waals surface area contributed by atoms with E-state index >= 15 is 0 Å². The minimum Gasteiger partial charge on any atom is -0.393 e. The largest absolute Gasteiger partial charge is 0.393 e. The Kier molecular flexibility index (Phi) is 4.71. The SMILES string of the molecule is OC(CCCc1ccccc1)Cc1nccs1. The van der Waals surface area contributed by atoms with E-state index in [1.807, 2.05) is 11.4 Å². The van der Waals surface area contributed by atoms with Crippen LogP contribution in [0.4, 0.5) is 0 Å². The highest BCUT2D eigenvalue weighted by Crippen LogP contribution is 2.12. The van der Waals surface area contributed by atoms with E-state index in [9.17, 15) is 5.11 Å². The molecule has 0 saturated heterocycles. The molecular formula is C14H17NOS. The number of rotatable bonds is 6. The third-order valence-corrected chi connectivity index (χ3v) is 3.54. The van der Waals surface area contributed by atoms with E-state index in [1.54, 1.807) is 17.5 Å². The third kappa shape index (κ3) is 4.29. The van der Waals surface area contributed by atoms with Crippen molar-refractivity contribution < 1.29 is 5.11 Å². The maximum absolute atomic E-state index is 9.87. The molecule has 1 heterocycles. The van der Waals surface area contributed by atoms with Gasteiger partial charge in [0.1, 0.15) is 0 Å². The molecule has 2 nitrogen and oxygen atoms in total. The van der Waals surface area contributed by atoms with Gasteiger partial charge in [0, 0.05) is 18.0 Å². The normalized spacial score (nSPS) is 12.5. The van der Waals surface area contributed by atoms with Gasteiger partial charge >= 0.3 is 0 Å². The van der Waals surface area contributed by atoms with Crippen LogP contribution in [0.2, 0.25) is 0 Å². The fourth-order valence-electron chi connectivity index (χ4n) is 1.84. The predicted octanol–water partition coefficient (Wildman–Crippen LogP) is 3.07. The summed E-state index contributed by atoms with van der Waals surface area (Å²) in [6.45, 7) is 0. The van der Waals surface area contributed by atoms with Crippen molar-refractivity contribution in [3.8, 4) is 0 Å². The molecule has 0 spiro atoms. The van der Waals surface area contributed by atoms with Gasteiger partial charge in [-0.2, -0.15) is 0 Å². The molecule has 0 aliphatic heterocycles. The number of thiazole rings is 1. The van der Waals surface area contributed by atoms with Gasteiger partial charge in [-0.3, -0.25) is 0 Å². The second-order valence-corrected chi connectivity index (χ2v) is 5.14. The highest BCUT2D eigenvalue weighted by atomic mass is 32.1. The molecular weight excluding hydrogens is 230 g/mol. The molecule has 2 aromatic rings. The van der Waals surface area contributed by atoms with Crippen molar-refractivity contribution in [2.75, 3.05) is 0 Å². The molecule has 0 saturated carbocycles. The average molecular weight is 247 g/mol. The minimum absolute atomic E-state index is 0.259. The van der Waals surface area contributed by atoms with Gasteiger partial charge in [0.25, 0.3) is 0 Å². The number of aliphatic hydroxyl groups excluding tert-OH is 1. The molecule has 0 aliphatic carbocycles. The molecule has 1 unspecified atom stereocenters. The summed E-state index contributed by atoms with van der Waals surface area (Å²) in [5, 5.41) is 12.8. The monoisotopic (exact) mass is 247 g/mol. The molecule has 1 atom stereocenters. The first-order valence-corrected chi connectivity index (χ1v) is 6.83. The van der Waals surface area contributed by atoms with Crippen molar-refractivity contribution >= 4 is 11.3 Å². The summed E-state index contributed by atoms with van der Waals surface area (Å²) >= 11 is 1.61. The van der Waals surface area contributed by atoms with E-state index in [-0.39, 0.29) is 6.10 Å². The Balaban J connectivity index is 1.68. The molecule has 0 amide bonds. The fourth-order valence-corrected chi connectivity index (χ4v) is 2.53. The number of aryl methyl sites for hydroxylation is 1. The number of hydrogen-bond donors (Lipinski definition) is 1. The Morgan fingerprint density at radius 2 is 2.06 bits per heavy atom. The van der Waals surface area contributed by atoms with Gasteiger partial charge in [-0.25, -0.2) is 4.98 Å². The van der Waals surface area contributed by atoms with Gasteiger partial charge in [-0.1, -0.05) is 30.3 Å². The zero-order valence-electron chi connectivity index (χ0n) is 9.75. The number of hydrogen-bond acceptors (Lipinski definition) is 3. The summed E-state index contributed by atoms with van der Waals surface area (Å²) in [4.78, 5) is 4.18. The zero-order valence-corrected chi connectivity index (χ0v) is 10.6. The van der Waals surface area contributed by atoms with E-state index in [0.29, 0.717) is 6.42 Å². The lowest BCUT2D eigenvalue weighted by atomic mass is 10.0. The Bertz CT molecular complexity index is 413. The van der Waals surface area contributed by atoms with Gasteiger partial charge in [-0.05, 0) is 24.8 Å². The summed E-state index contributed by atoms with van der Waals surface area (Å²) in [7, 11) is 0. The number of benzene rings is 1. The molecule has 1 aromatic carbocycles. The van der Waals surface area contributed by atoms with Gasteiger partial charge < -0.3 is 5.11 Å². The van der Waals surface area contributed by atoms with Crippen molar-refractivity contribution in [2.24, 2.45) is 0 Å². The van der Waals surface area contributed by atoms with Crippen LogP contribution < -0.4 is 0 Å². The van der Waals surface area contributed by atoms with Crippen LogP contribution in [-0.2, 0) is 12.8 Å². The maximum atomic E-state index is 9.87. The van der Waals surface area contributed by atoms with Crippen LogP contribution in [0.15, 0.2) is 41.9 Å². The first-order valence-electron chi connectivity index (χ1n) is 5.95. The van der Waals surface area contributed by atoms with Gasteiger partial charge in [0.15, 0.2) is 0 Å². The summed E-state index contributed by atoms with van der Waals surface area (Å²) in [6, 6.07) is 10.4. The molecule has 1 N–H and O–H groups in total. The molecule has 0 aliphatic rings. The Hall–Kier alpha value is -1.19. The molecule has 1 aromatic heterocycles. The average Bonchev–Trinajstić information content (AvgIpc) is 2.83. The molecule has 0 radical (unpaired) electrons. The van der Waals surface area contributed by atoms with E-state index in [0.717, 1.165) is 24.3 Å². The van der Waals surface area contributed by atoms with Crippen LogP contribution in [-0.4, -0.2) is 16.2 Å². The second kappa shape index (κ2) is 6.52. The number of nitrogens with zero attached hydrogens (tertiary/aromatic N) is 1. The standard InChI is InChI=1S/C14H17NOS/c16-13(11-14-15-9-10-17-14)8-4-7-12-5-2-1-3-6-12/h1-3,5-6,9-10,13,16H,4,7-8,11H2. The van der Waals surface area contributed by atoms with E-state index in [2.05, 4.69) is 29.2 Å². The van der Waals surface area contributed by atoms with Crippen molar-refractivity contribution in [1.82, 2.24) is 4.98 Å². The Labute approximate surface area is 106 Å². The summed E-state index contributed by atoms with van der Waals surface area (Å²) < 4.78 is 0. The predicted molar refractivity (Wildman–Crippen MR) is 71.2 cm³/mol. The summed E-state index contributed by atoms with van der Waals surface area (Å²) in [6.07, 6.45) is 5.12. The van der Waals surface area contributed by atoms with Crippen LogP contribution in [0, 0.1) is 0 Å². The van der Waals surface area contributed by atoms with Gasteiger partial charge in [-0.15, -0.1) is 11.3 Å². The lowest BCUT2D eigenvalue weighted by Gasteiger charge is -2.08. The van der Waals surface area contributed by atoms with Crippen molar-refractivity contribution in [2.45, 2.75) is 31.8 Å². The summed E-state index contributed by atoms with van der Waals surface area (Å²) in [5.74, 6) is 0. The molecule has 0 bridgehead atoms. The first-order chi connectivity index (χ1) is 8.34. The highest BCUT2D eigenvalue weighted by Gasteiger charge is 2.07. The fraction of sp³-hybridized carbons (Fsp3) is 0.357. The van der Waals surface area contributed by atoms with Crippen molar-refractivity contribution in [3.05, 3.63) is 52.5 Å². The Morgan fingerprint density at radius 3 is 2.76 bits per heavy atom. The number of aliphatic hydroxyl groups is 1. The lowest BCUT2D eigenvalue weighted by molar-refractivity contribution is 0.162. The zero-order chi connectivity index (χ0) is 11.9. The van der Waals surface area contributed by atoms with Crippen LogP contribution in [0.5, 0.6) is 0 Å². The van der Waals surface area contributed by atoms with Crippen molar-refractivity contribution in [3.63, 3.8) is 0 Å². The minimum atomic E-state index is -0.259. The smallest absolute Gasteiger partial charge is 0.0950 e. The van der Waals surface area contributed by atoms with Crippen LogP contribution in [0.1, 0.15) is 23.4 Å². The van der Waals surface area contributed by atoms with Gasteiger partial charge in [0.05, 0.1) is 11.1 Å². The lowest BCUT2D eigenvalue weighted by Crippen LogP contribution is -2.10. The van der Waals surface area contributed by atoms with Crippen LogP contribution in [0.25, 0.3) is 0 Å². The second-order valence-electron chi connectivity index (χ2n) is 4.16. The van der Waals surface area contributed by atoms with Crippen LogP contribution >= 0.6 is 11.3 Å². The van der Waals surface area contributed by atoms with E-state index in [1.165, 1.54) is 5.56 Å². The third-order valence-electron chi connectivity index (χ3n) is 2.74. The molecule has 90 valence electrons. The van der Waals surface area contributed by atoms with E-state index < -0.39 is 0 Å². The molecule has 0 fully saturated rings. The molecule has 2 rings (SSSR count). The number of aromatic nitrogens is 1. The van der Waals surface area contributed by atoms with E-state index in [4.69, 9.17) is 0 Å². The van der Waals surface area contributed by atoms with Crippen LogP contribution in [0.3, 0.4) is 0 Å². The maximum Gasteiger partial charge on any atom is 0.0950 e.